The van der Waals surface area contributed by atoms with Gasteiger partial charge in [0.2, 0.25) is 16.0 Å². The lowest BCUT2D eigenvalue weighted by Gasteiger charge is -2.29. The fourth-order valence-electron chi connectivity index (χ4n) is 4.69. The van der Waals surface area contributed by atoms with E-state index < -0.39 is 10.0 Å². The van der Waals surface area contributed by atoms with Crippen LogP contribution in [-0.2, 0) is 22.3 Å². The van der Waals surface area contributed by atoms with Crippen LogP contribution >= 0.6 is 23.4 Å². The third kappa shape index (κ3) is 8.79. The molecule has 0 unspecified atom stereocenters. The number of benzene rings is 2. The van der Waals surface area contributed by atoms with Crippen LogP contribution in [0.3, 0.4) is 0 Å². The van der Waals surface area contributed by atoms with E-state index in [2.05, 4.69) is 49.3 Å². The fraction of sp³-hybridized carbons (Fsp3) is 0.333. The molecule has 0 bridgehead atoms. The van der Waals surface area contributed by atoms with Gasteiger partial charge in [-0.1, -0.05) is 30.7 Å². The van der Waals surface area contributed by atoms with Gasteiger partial charge in [-0.2, -0.15) is 4.98 Å². The molecule has 1 saturated heterocycles. The number of nitrogens with one attached hydrogen (secondary N) is 3. The molecule has 0 radical (unpaired) electrons. The predicted molar refractivity (Wildman–Crippen MR) is 173 cm³/mol. The van der Waals surface area contributed by atoms with E-state index in [0.717, 1.165) is 48.2 Å². The number of methoxy groups -OCH3 is 1. The number of rotatable bonds is 12. The van der Waals surface area contributed by atoms with Gasteiger partial charge in [-0.3, -0.25) is 9.62 Å². The number of sulfonamides is 1. The Bertz CT molecular complexity index is 1660. The van der Waals surface area contributed by atoms with E-state index in [-0.39, 0.29) is 11.0 Å². The number of piperidine rings is 1. The van der Waals surface area contributed by atoms with Crippen molar-refractivity contribution in [1.29, 1.82) is 0 Å². The van der Waals surface area contributed by atoms with Crippen molar-refractivity contribution in [2.45, 2.75) is 37.0 Å². The first-order chi connectivity index (χ1) is 20.6. The average molecular weight is 643 g/mol. The summed E-state index contributed by atoms with van der Waals surface area (Å²) < 4.78 is 37.8. The zero-order chi connectivity index (χ0) is 30.4. The van der Waals surface area contributed by atoms with Crippen LogP contribution in [0.5, 0.6) is 5.75 Å². The maximum absolute atomic E-state index is 11.8. The minimum absolute atomic E-state index is 0.269. The molecule has 0 saturated carbocycles. The molecule has 1 aliphatic rings. The Morgan fingerprint density at radius 3 is 2.53 bits per heavy atom. The standard InChI is InChI=1S/C30H35ClN6O4S2/c1-20-12-14-37(15-13-20)18-21-8-9-22(41-21)19-42-23-10-11-27(28(16-23)40-2)34-30-32-17-24(31)29(35-30)33-25-6-4-5-7-26(25)36-43(3,38)39/h4-11,16-17,20,36H,12-15,18-19H2,1-3H3,(H2,32,33,34,35). The van der Waals surface area contributed by atoms with Gasteiger partial charge < -0.3 is 19.8 Å². The van der Waals surface area contributed by atoms with Gasteiger partial charge in [0, 0.05) is 4.90 Å². The van der Waals surface area contributed by atoms with Crippen molar-refractivity contribution in [2.75, 3.05) is 41.8 Å². The van der Waals surface area contributed by atoms with Crippen molar-refractivity contribution in [3.8, 4) is 5.75 Å². The molecule has 228 valence electrons. The summed E-state index contributed by atoms with van der Waals surface area (Å²) in [5.41, 5.74) is 1.53. The van der Waals surface area contributed by atoms with E-state index in [9.17, 15) is 8.42 Å². The first kappa shape index (κ1) is 31.0. The fourth-order valence-corrected chi connectivity index (χ4v) is 6.22. The van der Waals surface area contributed by atoms with Crippen LogP contribution in [0.2, 0.25) is 5.02 Å². The van der Waals surface area contributed by atoms with Crippen LogP contribution in [0.15, 0.2) is 70.1 Å². The lowest BCUT2D eigenvalue weighted by Crippen LogP contribution is -2.32. The number of furan rings is 1. The third-order valence-electron chi connectivity index (χ3n) is 6.99. The van der Waals surface area contributed by atoms with Crippen molar-refractivity contribution >= 4 is 62.2 Å². The monoisotopic (exact) mass is 642 g/mol. The van der Waals surface area contributed by atoms with Gasteiger partial charge in [0.05, 0.1) is 48.9 Å². The number of halogens is 1. The van der Waals surface area contributed by atoms with Crippen molar-refractivity contribution < 1.29 is 17.6 Å². The summed E-state index contributed by atoms with van der Waals surface area (Å²) >= 11 is 8.03. The highest BCUT2D eigenvalue weighted by Crippen LogP contribution is 2.35. The molecule has 3 N–H and O–H groups in total. The number of thioether (sulfide) groups is 1. The van der Waals surface area contributed by atoms with Crippen LogP contribution in [0, 0.1) is 5.92 Å². The van der Waals surface area contributed by atoms with Crippen LogP contribution < -0.4 is 20.1 Å². The number of ether oxygens (including phenoxy) is 1. The maximum atomic E-state index is 11.8. The summed E-state index contributed by atoms with van der Waals surface area (Å²) in [6.45, 7) is 5.44. The summed E-state index contributed by atoms with van der Waals surface area (Å²) in [6, 6.07) is 16.9. The van der Waals surface area contributed by atoms with E-state index in [1.165, 1.54) is 19.0 Å². The Morgan fingerprint density at radius 2 is 1.79 bits per heavy atom. The van der Waals surface area contributed by atoms with E-state index in [0.29, 0.717) is 34.4 Å². The minimum Gasteiger partial charge on any atom is -0.495 e. The molecule has 4 aromatic rings. The molecule has 0 aliphatic carbocycles. The molecule has 0 atom stereocenters. The molecule has 3 heterocycles. The van der Waals surface area contributed by atoms with Crippen LogP contribution in [0.4, 0.5) is 28.8 Å². The highest BCUT2D eigenvalue weighted by Gasteiger charge is 2.17. The zero-order valence-electron chi connectivity index (χ0n) is 24.3. The van der Waals surface area contributed by atoms with Crippen LogP contribution in [-0.4, -0.2) is 49.7 Å². The molecule has 2 aromatic heterocycles. The van der Waals surface area contributed by atoms with Gasteiger partial charge in [-0.25, -0.2) is 13.4 Å². The Morgan fingerprint density at radius 1 is 1.05 bits per heavy atom. The van der Waals surface area contributed by atoms with Gasteiger partial charge >= 0.3 is 0 Å². The Hall–Kier alpha value is -3.45. The molecule has 43 heavy (non-hydrogen) atoms. The lowest BCUT2D eigenvalue weighted by molar-refractivity contribution is 0.173. The van der Waals surface area contributed by atoms with Gasteiger partial charge in [0.15, 0.2) is 5.82 Å². The first-order valence-electron chi connectivity index (χ1n) is 13.9. The normalized spacial score (nSPS) is 14.4. The summed E-state index contributed by atoms with van der Waals surface area (Å²) in [6.07, 6.45) is 5.05. The number of likely N-dealkylation sites (tertiary alicyclic amines) is 1. The molecule has 10 nitrogen and oxygen atoms in total. The van der Waals surface area contributed by atoms with Crippen LogP contribution in [0.1, 0.15) is 31.3 Å². The topological polar surface area (TPSA) is 122 Å². The second-order valence-corrected chi connectivity index (χ2v) is 13.7. The molecular weight excluding hydrogens is 608 g/mol. The van der Waals surface area contributed by atoms with Gasteiger partial charge in [0.25, 0.3) is 0 Å². The Labute approximate surface area is 261 Å². The first-order valence-corrected chi connectivity index (χ1v) is 17.1. The molecule has 2 aromatic carbocycles. The van der Waals surface area contributed by atoms with Crippen molar-refractivity contribution in [3.63, 3.8) is 0 Å². The van der Waals surface area contributed by atoms with Crippen molar-refractivity contribution in [3.05, 3.63) is 77.3 Å². The van der Waals surface area contributed by atoms with E-state index in [1.54, 1.807) is 43.1 Å². The summed E-state index contributed by atoms with van der Waals surface area (Å²) in [5, 5.41) is 6.54. The number of hydrogen-bond acceptors (Lipinski definition) is 10. The number of hydrogen-bond donors (Lipinski definition) is 3. The number of anilines is 5. The summed E-state index contributed by atoms with van der Waals surface area (Å²) in [4.78, 5) is 12.3. The van der Waals surface area contributed by atoms with Gasteiger partial charge in [-0.15, -0.1) is 11.8 Å². The quantitative estimate of drug-likeness (QED) is 0.138. The number of aromatic nitrogens is 2. The third-order valence-corrected chi connectivity index (χ3v) is 8.88. The smallest absolute Gasteiger partial charge is 0.229 e. The predicted octanol–water partition coefficient (Wildman–Crippen LogP) is 7.11. The number of para-hydroxylation sites is 2. The molecule has 1 aliphatic heterocycles. The lowest BCUT2D eigenvalue weighted by atomic mass is 9.99. The summed E-state index contributed by atoms with van der Waals surface area (Å²) in [7, 11) is -1.87. The Kier molecular flexibility index (Phi) is 10.0. The molecular formula is C30H35ClN6O4S2. The van der Waals surface area contributed by atoms with E-state index in [4.69, 9.17) is 20.8 Å². The van der Waals surface area contributed by atoms with Crippen LogP contribution in [0.25, 0.3) is 0 Å². The zero-order valence-corrected chi connectivity index (χ0v) is 26.7. The Balaban J connectivity index is 1.22. The molecule has 0 spiro atoms. The van der Waals surface area contributed by atoms with Gasteiger partial charge in [0.1, 0.15) is 22.3 Å². The summed E-state index contributed by atoms with van der Waals surface area (Å²) in [5.74, 6) is 4.68. The van der Waals surface area contributed by atoms with Crippen molar-refractivity contribution in [2.24, 2.45) is 5.92 Å². The number of nitrogens with zero attached hydrogens (tertiary/aromatic N) is 3. The van der Waals surface area contributed by atoms with E-state index in [1.807, 2.05) is 18.2 Å². The molecule has 5 rings (SSSR count). The van der Waals surface area contributed by atoms with E-state index >= 15 is 0 Å². The second kappa shape index (κ2) is 13.9. The highest BCUT2D eigenvalue weighted by atomic mass is 35.5. The minimum atomic E-state index is -3.48. The highest BCUT2D eigenvalue weighted by molar-refractivity contribution is 7.98. The second-order valence-electron chi connectivity index (χ2n) is 10.5. The maximum Gasteiger partial charge on any atom is 0.229 e. The molecule has 0 amide bonds. The average Bonchev–Trinajstić information content (AvgIpc) is 3.43. The van der Waals surface area contributed by atoms with Crippen molar-refractivity contribution in [1.82, 2.24) is 14.9 Å². The largest absolute Gasteiger partial charge is 0.495 e. The molecule has 1 fully saturated rings. The van der Waals surface area contributed by atoms with Gasteiger partial charge in [-0.05, 0) is 74.3 Å². The molecule has 13 heteroatoms. The SMILES string of the molecule is COc1cc(SCc2ccc(CN3CCC(C)CC3)o2)ccc1Nc1ncc(Cl)c(Nc2ccccc2NS(C)(=O)=O)n1.